The molecular weight excluding hydrogens is 422 g/mol. The zero-order valence-electron chi connectivity index (χ0n) is 20.4. The first-order chi connectivity index (χ1) is 16.0. The average Bonchev–Trinajstić information content (AvgIpc) is 3.32. The number of likely N-dealkylation sites (N-methyl/N-ethyl adjacent to an activating group) is 1. The van der Waals surface area contributed by atoms with E-state index in [9.17, 15) is 9.59 Å². The van der Waals surface area contributed by atoms with Gasteiger partial charge < -0.3 is 24.8 Å². The minimum absolute atomic E-state index is 0.0866. The van der Waals surface area contributed by atoms with Crippen molar-refractivity contribution in [2.24, 2.45) is 11.8 Å². The third kappa shape index (κ3) is 6.31. The summed E-state index contributed by atoms with van der Waals surface area (Å²) in [5, 5.41) is 6.22. The number of rotatable bonds is 10. The number of carbonyl (C=O) groups excluding carboxylic acids is 2. The lowest BCUT2D eigenvalue weighted by molar-refractivity contribution is -0.126. The third-order valence-corrected chi connectivity index (χ3v) is 7.11. The molecule has 1 aromatic rings. The van der Waals surface area contributed by atoms with Gasteiger partial charge >= 0.3 is 0 Å². The van der Waals surface area contributed by atoms with E-state index in [1.807, 2.05) is 0 Å². The second-order valence-electron chi connectivity index (χ2n) is 9.01. The van der Waals surface area contributed by atoms with Gasteiger partial charge in [-0.05, 0) is 69.7 Å². The van der Waals surface area contributed by atoms with Gasteiger partial charge in [0.15, 0.2) is 11.5 Å². The Kier molecular flexibility index (Phi) is 9.23. The Morgan fingerprint density at radius 3 is 2.18 bits per heavy atom. The van der Waals surface area contributed by atoms with Gasteiger partial charge in [0, 0.05) is 30.6 Å². The highest BCUT2D eigenvalue weighted by molar-refractivity contribution is 5.95. The Labute approximate surface area is 197 Å². The second-order valence-corrected chi connectivity index (χ2v) is 9.01. The fourth-order valence-electron chi connectivity index (χ4n) is 5.09. The van der Waals surface area contributed by atoms with Crippen molar-refractivity contribution in [1.29, 1.82) is 0 Å². The number of likely N-dealkylation sites (tertiary alicyclic amines) is 1. The van der Waals surface area contributed by atoms with Crippen LogP contribution in [0.3, 0.4) is 0 Å². The van der Waals surface area contributed by atoms with Crippen LogP contribution >= 0.6 is 0 Å². The minimum Gasteiger partial charge on any atom is -0.493 e. The summed E-state index contributed by atoms with van der Waals surface area (Å²) in [5.41, 5.74) is 0.464. The first-order valence-electron chi connectivity index (χ1n) is 12.1. The lowest BCUT2D eigenvalue weighted by atomic mass is 9.81. The fraction of sp³-hybridized carbons (Fsp3) is 0.680. The van der Waals surface area contributed by atoms with Gasteiger partial charge in [-0.3, -0.25) is 14.5 Å². The lowest BCUT2D eigenvalue weighted by Crippen LogP contribution is -2.43. The summed E-state index contributed by atoms with van der Waals surface area (Å²) in [4.78, 5) is 27.8. The molecule has 33 heavy (non-hydrogen) atoms. The number of ether oxygens (including phenoxy) is 3. The molecule has 1 saturated carbocycles. The number of hydrogen-bond donors (Lipinski definition) is 2. The van der Waals surface area contributed by atoms with Gasteiger partial charge in [0.25, 0.3) is 5.91 Å². The SMILES string of the molecule is CCN1CCCC1CNC(=O)C1CCC(CNC(=O)c2cc(OC)c(OC)c(OC)c2)CC1. The molecule has 1 aliphatic heterocycles. The molecule has 1 aromatic carbocycles. The summed E-state index contributed by atoms with van der Waals surface area (Å²) in [6, 6.07) is 3.80. The topological polar surface area (TPSA) is 89.1 Å². The minimum atomic E-state index is -0.175. The molecule has 184 valence electrons. The highest BCUT2D eigenvalue weighted by Crippen LogP contribution is 2.38. The van der Waals surface area contributed by atoms with Gasteiger partial charge in [0.05, 0.1) is 21.3 Å². The van der Waals surface area contributed by atoms with Crippen LogP contribution in [0.1, 0.15) is 55.8 Å². The van der Waals surface area contributed by atoms with Crippen molar-refractivity contribution in [3.05, 3.63) is 17.7 Å². The summed E-state index contributed by atoms with van der Waals surface area (Å²) >= 11 is 0. The molecule has 2 fully saturated rings. The molecule has 0 bridgehead atoms. The smallest absolute Gasteiger partial charge is 0.251 e. The third-order valence-electron chi connectivity index (χ3n) is 7.11. The van der Waals surface area contributed by atoms with E-state index in [0.717, 1.165) is 45.3 Å². The monoisotopic (exact) mass is 461 g/mol. The number of hydrogen-bond acceptors (Lipinski definition) is 6. The molecule has 1 aliphatic carbocycles. The fourth-order valence-corrected chi connectivity index (χ4v) is 5.09. The standard InChI is InChI=1S/C25H39N3O5/c1-5-28-12-6-7-20(28)16-27-24(29)18-10-8-17(9-11-18)15-26-25(30)19-13-21(31-2)23(33-4)22(14-19)32-3/h13-14,17-18,20H,5-12,15-16H2,1-4H3,(H,26,30)(H,27,29). The molecule has 3 rings (SSSR count). The number of carbonyl (C=O) groups is 2. The number of methoxy groups -OCH3 is 3. The van der Waals surface area contributed by atoms with E-state index in [1.165, 1.54) is 34.2 Å². The van der Waals surface area contributed by atoms with Crippen LogP contribution in [0.5, 0.6) is 17.2 Å². The molecular formula is C25H39N3O5. The van der Waals surface area contributed by atoms with Crippen LogP contribution in [0.25, 0.3) is 0 Å². The quantitative estimate of drug-likeness (QED) is 0.557. The van der Waals surface area contributed by atoms with Gasteiger partial charge in [-0.1, -0.05) is 6.92 Å². The van der Waals surface area contributed by atoms with Crippen molar-refractivity contribution >= 4 is 11.8 Å². The summed E-state index contributed by atoms with van der Waals surface area (Å²) < 4.78 is 16.0. The zero-order chi connectivity index (χ0) is 23.8. The van der Waals surface area contributed by atoms with E-state index < -0.39 is 0 Å². The maximum absolute atomic E-state index is 12.7. The summed E-state index contributed by atoms with van der Waals surface area (Å²) in [7, 11) is 4.59. The Bertz CT molecular complexity index is 782. The molecule has 2 N–H and O–H groups in total. The second kappa shape index (κ2) is 12.1. The van der Waals surface area contributed by atoms with E-state index in [1.54, 1.807) is 12.1 Å². The van der Waals surface area contributed by atoms with Crippen molar-refractivity contribution in [1.82, 2.24) is 15.5 Å². The van der Waals surface area contributed by atoms with Crippen molar-refractivity contribution in [3.63, 3.8) is 0 Å². The first kappa shape index (κ1) is 25.1. The van der Waals surface area contributed by atoms with Crippen molar-refractivity contribution in [2.75, 3.05) is 47.5 Å². The highest BCUT2D eigenvalue weighted by atomic mass is 16.5. The molecule has 2 amide bonds. The Balaban J connectivity index is 1.44. The molecule has 1 unspecified atom stereocenters. The molecule has 0 spiro atoms. The van der Waals surface area contributed by atoms with Crippen LogP contribution in [0, 0.1) is 11.8 Å². The van der Waals surface area contributed by atoms with Crippen molar-refractivity contribution in [2.45, 2.75) is 51.5 Å². The van der Waals surface area contributed by atoms with Crippen LogP contribution in [-0.4, -0.2) is 70.3 Å². The Hall–Kier alpha value is -2.48. The molecule has 0 radical (unpaired) electrons. The van der Waals surface area contributed by atoms with Crippen molar-refractivity contribution in [3.8, 4) is 17.2 Å². The molecule has 1 atom stereocenters. The summed E-state index contributed by atoms with van der Waals surface area (Å²) in [6.45, 7) is 5.73. The number of nitrogens with zero attached hydrogens (tertiary/aromatic N) is 1. The van der Waals surface area contributed by atoms with Crippen LogP contribution in [0.2, 0.25) is 0 Å². The van der Waals surface area contributed by atoms with Crippen LogP contribution in [-0.2, 0) is 4.79 Å². The maximum atomic E-state index is 12.7. The largest absolute Gasteiger partial charge is 0.493 e. The van der Waals surface area contributed by atoms with E-state index >= 15 is 0 Å². The van der Waals surface area contributed by atoms with Gasteiger partial charge in [-0.15, -0.1) is 0 Å². The van der Waals surface area contributed by atoms with E-state index in [4.69, 9.17) is 14.2 Å². The number of nitrogens with one attached hydrogen (secondary N) is 2. The van der Waals surface area contributed by atoms with Gasteiger partial charge in [0.2, 0.25) is 11.7 Å². The molecule has 1 saturated heterocycles. The van der Waals surface area contributed by atoms with E-state index in [2.05, 4.69) is 22.5 Å². The first-order valence-corrected chi connectivity index (χ1v) is 12.1. The van der Waals surface area contributed by atoms with Gasteiger partial charge in [-0.25, -0.2) is 0 Å². The maximum Gasteiger partial charge on any atom is 0.251 e. The van der Waals surface area contributed by atoms with Gasteiger partial charge in [0.1, 0.15) is 0 Å². The van der Waals surface area contributed by atoms with Crippen LogP contribution in [0.4, 0.5) is 0 Å². The Morgan fingerprint density at radius 1 is 0.939 bits per heavy atom. The zero-order valence-corrected chi connectivity index (χ0v) is 20.4. The summed E-state index contributed by atoms with van der Waals surface area (Å²) in [6.07, 6.45) is 6.03. The Morgan fingerprint density at radius 2 is 1.61 bits per heavy atom. The van der Waals surface area contributed by atoms with Crippen LogP contribution < -0.4 is 24.8 Å². The molecule has 0 aromatic heterocycles. The van der Waals surface area contributed by atoms with Crippen LogP contribution in [0.15, 0.2) is 12.1 Å². The molecule has 1 heterocycles. The average molecular weight is 462 g/mol. The number of benzene rings is 1. The highest BCUT2D eigenvalue weighted by Gasteiger charge is 2.29. The summed E-state index contributed by atoms with van der Waals surface area (Å²) in [5.74, 6) is 1.85. The molecule has 8 heteroatoms. The predicted octanol–water partition coefficient (Wildman–Crippen LogP) is 2.85. The predicted molar refractivity (Wildman–Crippen MR) is 127 cm³/mol. The molecule has 8 nitrogen and oxygen atoms in total. The number of amides is 2. The lowest BCUT2D eigenvalue weighted by Gasteiger charge is -2.29. The van der Waals surface area contributed by atoms with Crippen molar-refractivity contribution < 1.29 is 23.8 Å². The van der Waals surface area contributed by atoms with E-state index in [0.29, 0.717) is 41.3 Å². The molecule has 2 aliphatic rings. The van der Waals surface area contributed by atoms with E-state index in [-0.39, 0.29) is 17.7 Å². The van der Waals surface area contributed by atoms with Gasteiger partial charge in [-0.2, -0.15) is 0 Å². The normalized spacial score (nSPS) is 23.1.